The van der Waals surface area contributed by atoms with Gasteiger partial charge in [0.1, 0.15) is 0 Å². The number of hydrogen-bond donors (Lipinski definition) is 2. The largest absolute Gasteiger partial charge is 0.481 e. The number of carbonyl (C=O) groups is 2. The number of carboxylic acids is 2. The molecule has 84 valence electrons. The summed E-state index contributed by atoms with van der Waals surface area (Å²) in [4.78, 5) is 21.4. The Balaban J connectivity index is 2.87. The number of hydrogen-bond acceptors (Lipinski definition) is 2. The highest BCUT2D eigenvalue weighted by Crippen LogP contribution is 2.33. The van der Waals surface area contributed by atoms with Crippen LogP contribution in [0.15, 0.2) is 11.1 Å². The molecule has 1 aliphatic rings. The highest BCUT2D eigenvalue weighted by molar-refractivity contribution is 5.92. The third-order valence-corrected chi connectivity index (χ3v) is 3.03. The molecule has 0 amide bonds. The summed E-state index contributed by atoms with van der Waals surface area (Å²) in [5.74, 6) is -1.90. The first kappa shape index (κ1) is 11.8. The molecule has 15 heavy (non-hydrogen) atoms. The van der Waals surface area contributed by atoms with Crippen LogP contribution in [0.2, 0.25) is 0 Å². The molecule has 0 aliphatic heterocycles. The second kappa shape index (κ2) is 4.96. The van der Waals surface area contributed by atoms with Crippen molar-refractivity contribution in [3.8, 4) is 0 Å². The number of allylic oxidation sites excluding steroid dienone is 1. The van der Waals surface area contributed by atoms with E-state index in [1.54, 1.807) is 6.92 Å². The smallest absolute Gasteiger partial charge is 0.332 e. The van der Waals surface area contributed by atoms with Gasteiger partial charge >= 0.3 is 11.9 Å². The molecular weight excluding hydrogens is 196 g/mol. The molecule has 1 aliphatic carbocycles. The molecule has 0 atom stereocenters. The lowest BCUT2D eigenvalue weighted by Crippen LogP contribution is -2.12. The Bertz CT molecular complexity index is 298. The molecule has 0 aromatic carbocycles. The van der Waals surface area contributed by atoms with Crippen molar-refractivity contribution in [1.29, 1.82) is 0 Å². The Hall–Kier alpha value is -1.32. The van der Waals surface area contributed by atoms with Crippen molar-refractivity contribution in [2.24, 2.45) is 5.92 Å². The third kappa shape index (κ3) is 3.08. The molecule has 0 radical (unpaired) electrons. The molecule has 1 saturated carbocycles. The van der Waals surface area contributed by atoms with E-state index in [0.29, 0.717) is 0 Å². The van der Waals surface area contributed by atoms with Crippen molar-refractivity contribution in [1.82, 2.24) is 0 Å². The van der Waals surface area contributed by atoms with Crippen LogP contribution in [0.3, 0.4) is 0 Å². The van der Waals surface area contributed by atoms with Crippen molar-refractivity contribution < 1.29 is 19.8 Å². The molecule has 0 heterocycles. The van der Waals surface area contributed by atoms with Crippen LogP contribution in [0.5, 0.6) is 0 Å². The van der Waals surface area contributed by atoms with Gasteiger partial charge in [-0.2, -0.15) is 0 Å². The van der Waals surface area contributed by atoms with Crippen LogP contribution in [0, 0.1) is 5.92 Å². The van der Waals surface area contributed by atoms with E-state index in [1.807, 2.05) is 0 Å². The lowest BCUT2D eigenvalue weighted by atomic mass is 9.93. The first-order valence-corrected chi connectivity index (χ1v) is 5.17. The van der Waals surface area contributed by atoms with E-state index >= 15 is 0 Å². The maximum atomic E-state index is 10.9. The van der Waals surface area contributed by atoms with Gasteiger partial charge in [-0.3, -0.25) is 4.79 Å². The van der Waals surface area contributed by atoms with E-state index in [4.69, 9.17) is 10.2 Å². The van der Waals surface area contributed by atoms with Crippen LogP contribution in [0.4, 0.5) is 0 Å². The molecule has 1 fully saturated rings. The molecule has 0 saturated heterocycles. The quantitative estimate of drug-likeness (QED) is 0.699. The molecule has 1 rings (SSSR count). The predicted octanol–water partition coefficient (Wildman–Crippen LogP) is 2.05. The fraction of sp³-hybridized carbons (Fsp3) is 0.636. The maximum Gasteiger partial charge on any atom is 0.332 e. The predicted molar refractivity (Wildman–Crippen MR) is 54.5 cm³/mol. The van der Waals surface area contributed by atoms with Gasteiger partial charge < -0.3 is 10.2 Å². The molecule has 0 spiro atoms. The van der Waals surface area contributed by atoms with Crippen molar-refractivity contribution in [3.05, 3.63) is 11.1 Å². The summed E-state index contributed by atoms with van der Waals surface area (Å²) in [5, 5.41) is 17.6. The summed E-state index contributed by atoms with van der Waals surface area (Å²) < 4.78 is 0. The van der Waals surface area contributed by atoms with Gasteiger partial charge in [0.05, 0.1) is 6.42 Å². The summed E-state index contributed by atoms with van der Waals surface area (Å²) in [6.45, 7) is 1.75. The minimum absolute atomic E-state index is 0.0643. The highest BCUT2D eigenvalue weighted by Gasteiger charge is 2.23. The molecule has 0 aromatic heterocycles. The van der Waals surface area contributed by atoms with Gasteiger partial charge in [0.2, 0.25) is 0 Å². The molecule has 0 bridgehead atoms. The lowest BCUT2D eigenvalue weighted by molar-refractivity contribution is -0.139. The zero-order valence-corrected chi connectivity index (χ0v) is 8.82. The van der Waals surface area contributed by atoms with Crippen molar-refractivity contribution >= 4 is 11.9 Å². The normalized spacial score (nSPS) is 18.7. The zero-order chi connectivity index (χ0) is 11.4. The SMILES string of the molecule is CC(=C(CC(=O)O)C(=O)O)C1CCCC1. The number of aliphatic carboxylic acids is 2. The van der Waals surface area contributed by atoms with Crippen LogP contribution >= 0.6 is 0 Å². The van der Waals surface area contributed by atoms with E-state index < -0.39 is 11.9 Å². The first-order valence-electron chi connectivity index (χ1n) is 5.17. The average molecular weight is 212 g/mol. The summed E-state index contributed by atoms with van der Waals surface area (Å²) in [5.41, 5.74) is 0.816. The van der Waals surface area contributed by atoms with E-state index in [2.05, 4.69) is 0 Å². The third-order valence-electron chi connectivity index (χ3n) is 3.03. The van der Waals surface area contributed by atoms with Crippen LogP contribution < -0.4 is 0 Å². The fourth-order valence-corrected chi connectivity index (χ4v) is 2.14. The molecule has 0 unspecified atom stereocenters. The molecule has 2 N–H and O–H groups in total. The number of carboxylic acid groups (broad SMARTS) is 2. The van der Waals surface area contributed by atoms with Crippen molar-refractivity contribution in [2.75, 3.05) is 0 Å². The molecule has 0 aromatic rings. The molecule has 4 nitrogen and oxygen atoms in total. The van der Waals surface area contributed by atoms with Crippen LogP contribution in [0.1, 0.15) is 39.0 Å². The van der Waals surface area contributed by atoms with Crippen LogP contribution in [-0.2, 0) is 9.59 Å². The van der Waals surface area contributed by atoms with E-state index in [1.165, 1.54) is 0 Å². The van der Waals surface area contributed by atoms with E-state index in [9.17, 15) is 9.59 Å². The second-order valence-corrected chi connectivity index (χ2v) is 4.02. The van der Waals surface area contributed by atoms with E-state index in [0.717, 1.165) is 31.3 Å². The second-order valence-electron chi connectivity index (χ2n) is 4.02. The van der Waals surface area contributed by atoms with E-state index in [-0.39, 0.29) is 17.9 Å². The lowest BCUT2D eigenvalue weighted by Gasteiger charge is -2.13. The fourth-order valence-electron chi connectivity index (χ4n) is 2.14. The van der Waals surface area contributed by atoms with Gasteiger partial charge in [-0.25, -0.2) is 4.79 Å². The van der Waals surface area contributed by atoms with Crippen LogP contribution in [0.25, 0.3) is 0 Å². The first-order chi connectivity index (χ1) is 7.02. The molecule has 4 heteroatoms. The highest BCUT2D eigenvalue weighted by atomic mass is 16.4. The van der Waals surface area contributed by atoms with Crippen molar-refractivity contribution in [3.63, 3.8) is 0 Å². The van der Waals surface area contributed by atoms with Gasteiger partial charge in [0.25, 0.3) is 0 Å². The monoisotopic (exact) mass is 212 g/mol. The van der Waals surface area contributed by atoms with Gasteiger partial charge in [0, 0.05) is 5.57 Å². The Kier molecular flexibility index (Phi) is 3.88. The Morgan fingerprint density at radius 1 is 1.20 bits per heavy atom. The van der Waals surface area contributed by atoms with Crippen molar-refractivity contribution in [2.45, 2.75) is 39.0 Å². The Morgan fingerprint density at radius 3 is 2.13 bits per heavy atom. The topological polar surface area (TPSA) is 74.6 Å². The zero-order valence-electron chi connectivity index (χ0n) is 8.82. The van der Waals surface area contributed by atoms with Gasteiger partial charge in [0.15, 0.2) is 0 Å². The van der Waals surface area contributed by atoms with Gasteiger partial charge in [-0.15, -0.1) is 0 Å². The minimum atomic E-state index is -1.10. The van der Waals surface area contributed by atoms with Gasteiger partial charge in [-0.05, 0) is 25.7 Å². The summed E-state index contributed by atoms with van der Waals surface area (Å²) in [6, 6.07) is 0. The Labute approximate surface area is 88.6 Å². The summed E-state index contributed by atoms with van der Waals surface area (Å²) in [7, 11) is 0. The minimum Gasteiger partial charge on any atom is -0.481 e. The molecular formula is C11H16O4. The van der Waals surface area contributed by atoms with Crippen LogP contribution in [-0.4, -0.2) is 22.2 Å². The average Bonchev–Trinajstić information content (AvgIpc) is 2.65. The maximum absolute atomic E-state index is 10.9. The summed E-state index contributed by atoms with van der Waals surface area (Å²) >= 11 is 0. The number of rotatable bonds is 4. The van der Waals surface area contributed by atoms with Gasteiger partial charge in [-0.1, -0.05) is 18.4 Å². The Morgan fingerprint density at radius 2 is 1.73 bits per heavy atom. The summed E-state index contributed by atoms with van der Waals surface area (Å²) in [6.07, 6.45) is 3.83. The standard InChI is InChI=1S/C11H16O4/c1-7(8-4-2-3-5-8)9(11(14)15)6-10(12)13/h8H,2-6H2,1H3,(H,12,13)(H,14,15).